The molecule has 0 spiro atoms. The molecule has 0 aromatic heterocycles. The van der Waals surface area contributed by atoms with Gasteiger partial charge in [0.1, 0.15) is 0 Å². The largest absolute Gasteiger partial charge is 0.481 e. The van der Waals surface area contributed by atoms with Gasteiger partial charge < -0.3 is 9.84 Å². The summed E-state index contributed by atoms with van der Waals surface area (Å²) >= 11 is 1.48. The van der Waals surface area contributed by atoms with Gasteiger partial charge in [-0.15, -0.1) is 0 Å². The van der Waals surface area contributed by atoms with Crippen LogP contribution in [-0.4, -0.2) is 30.8 Å². The fraction of sp³-hybridized carbons (Fsp3) is 0.500. The van der Waals surface area contributed by atoms with Crippen molar-refractivity contribution in [3.05, 3.63) is 29.8 Å². The zero-order chi connectivity index (χ0) is 13.7. The molecule has 2 N–H and O–H groups in total. The van der Waals surface area contributed by atoms with Crippen molar-refractivity contribution in [3.63, 3.8) is 0 Å². The highest BCUT2D eigenvalue weighted by Gasteiger charge is 2.39. The van der Waals surface area contributed by atoms with Crippen LogP contribution in [0, 0.1) is 12.3 Å². The molecule has 2 rings (SSSR count). The number of hydrogen-bond donors (Lipinski definition) is 2. The Bertz CT molecular complexity index is 427. The zero-order valence-electron chi connectivity index (χ0n) is 11.0. The van der Waals surface area contributed by atoms with Gasteiger partial charge in [0.2, 0.25) is 0 Å². The van der Waals surface area contributed by atoms with Crippen molar-refractivity contribution < 1.29 is 14.6 Å². The smallest absolute Gasteiger partial charge is 0.311 e. The first-order chi connectivity index (χ1) is 9.12. The molecular formula is C14H19NO3S. The molecule has 1 fully saturated rings. The van der Waals surface area contributed by atoms with E-state index < -0.39 is 11.4 Å². The van der Waals surface area contributed by atoms with Gasteiger partial charge in [-0.25, -0.2) is 0 Å². The number of aliphatic carboxylic acids is 1. The van der Waals surface area contributed by atoms with Crippen LogP contribution in [-0.2, 0) is 9.53 Å². The minimum Gasteiger partial charge on any atom is -0.481 e. The maximum Gasteiger partial charge on any atom is 0.311 e. The lowest BCUT2D eigenvalue weighted by atomic mass is 9.80. The predicted molar refractivity (Wildman–Crippen MR) is 75.2 cm³/mol. The second kappa shape index (κ2) is 6.41. The average molecular weight is 281 g/mol. The fourth-order valence-corrected chi connectivity index (χ4v) is 2.88. The number of hydrogen-bond acceptors (Lipinski definition) is 4. The second-order valence-electron chi connectivity index (χ2n) is 4.93. The summed E-state index contributed by atoms with van der Waals surface area (Å²) in [6.07, 6.45) is 1.15. The lowest BCUT2D eigenvalue weighted by molar-refractivity contribution is -0.154. The molecule has 1 aromatic carbocycles. The van der Waals surface area contributed by atoms with Crippen LogP contribution >= 0.6 is 11.9 Å². The highest BCUT2D eigenvalue weighted by Crippen LogP contribution is 2.31. The van der Waals surface area contributed by atoms with Crippen LogP contribution in [0.4, 0.5) is 0 Å². The van der Waals surface area contributed by atoms with Crippen LogP contribution in [0.2, 0.25) is 0 Å². The third kappa shape index (κ3) is 3.72. The van der Waals surface area contributed by atoms with Crippen molar-refractivity contribution in [2.75, 3.05) is 19.8 Å². The molecule has 1 heterocycles. The maximum atomic E-state index is 11.5. The highest BCUT2D eigenvalue weighted by molar-refractivity contribution is 7.97. The average Bonchev–Trinajstić information content (AvgIpc) is 2.42. The number of carboxylic acid groups (broad SMARTS) is 1. The molecule has 1 saturated heterocycles. The van der Waals surface area contributed by atoms with Crippen LogP contribution in [0.1, 0.15) is 18.4 Å². The van der Waals surface area contributed by atoms with Crippen LogP contribution in [0.25, 0.3) is 0 Å². The normalized spacial score (nSPS) is 18.2. The first-order valence-electron chi connectivity index (χ1n) is 6.40. The Kier molecular flexibility index (Phi) is 4.85. The van der Waals surface area contributed by atoms with E-state index in [4.69, 9.17) is 4.74 Å². The van der Waals surface area contributed by atoms with E-state index >= 15 is 0 Å². The summed E-state index contributed by atoms with van der Waals surface area (Å²) in [5.74, 6) is -0.729. The van der Waals surface area contributed by atoms with Crippen molar-refractivity contribution in [1.29, 1.82) is 0 Å². The van der Waals surface area contributed by atoms with E-state index in [1.165, 1.54) is 17.5 Å². The summed E-state index contributed by atoms with van der Waals surface area (Å²) in [5.41, 5.74) is 0.534. The molecule has 1 aromatic rings. The lowest BCUT2D eigenvalue weighted by Crippen LogP contribution is -2.43. The van der Waals surface area contributed by atoms with E-state index in [0.29, 0.717) is 32.6 Å². The van der Waals surface area contributed by atoms with Gasteiger partial charge in [-0.3, -0.25) is 9.52 Å². The molecule has 1 aliphatic rings. The SMILES string of the molecule is Cc1ccc(SNCC2(C(=O)O)CCOCC2)cc1. The Morgan fingerprint density at radius 2 is 2.00 bits per heavy atom. The number of carbonyl (C=O) groups is 1. The number of nitrogens with one attached hydrogen (secondary N) is 1. The van der Waals surface area contributed by atoms with E-state index in [-0.39, 0.29) is 0 Å². The highest BCUT2D eigenvalue weighted by atomic mass is 32.2. The molecule has 104 valence electrons. The van der Waals surface area contributed by atoms with Crippen molar-refractivity contribution >= 4 is 17.9 Å². The van der Waals surface area contributed by atoms with Crippen LogP contribution < -0.4 is 4.72 Å². The van der Waals surface area contributed by atoms with Gasteiger partial charge in [0.05, 0.1) is 5.41 Å². The van der Waals surface area contributed by atoms with E-state index in [1.54, 1.807) is 0 Å². The van der Waals surface area contributed by atoms with Crippen LogP contribution in [0.15, 0.2) is 29.2 Å². The van der Waals surface area contributed by atoms with E-state index in [0.717, 1.165) is 4.90 Å². The Hall–Kier alpha value is -1.04. The van der Waals surface area contributed by atoms with Crippen molar-refractivity contribution in [2.24, 2.45) is 5.41 Å². The number of carboxylic acids is 1. The first kappa shape index (κ1) is 14.4. The number of benzene rings is 1. The van der Waals surface area contributed by atoms with Gasteiger partial charge in [0.25, 0.3) is 0 Å². The predicted octanol–water partition coefficient (Wildman–Crippen LogP) is 2.47. The molecular weight excluding hydrogens is 262 g/mol. The second-order valence-corrected chi connectivity index (χ2v) is 5.90. The molecule has 0 saturated carbocycles. The van der Waals surface area contributed by atoms with E-state index in [9.17, 15) is 9.90 Å². The number of ether oxygens (including phenoxy) is 1. The molecule has 4 nitrogen and oxygen atoms in total. The van der Waals surface area contributed by atoms with Gasteiger partial charge in [-0.1, -0.05) is 17.7 Å². The van der Waals surface area contributed by atoms with E-state index in [1.807, 2.05) is 31.2 Å². The van der Waals surface area contributed by atoms with Crippen molar-refractivity contribution in [2.45, 2.75) is 24.7 Å². The Morgan fingerprint density at radius 1 is 1.37 bits per heavy atom. The number of rotatable bonds is 5. The topological polar surface area (TPSA) is 58.6 Å². The van der Waals surface area contributed by atoms with E-state index in [2.05, 4.69) is 4.72 Å². The zero-order valence-corrected chi connectivity index (χ0v) is 11.8. The van der Waals surface area contributed by atoms with Gasteiger partial charge in [0.15, 0.2) is 0 Å². The van der Waals surface area contributed by atoms with Gasteiger partial charge in [-0.05, 0) is 43.8 Å². The molecule has 0 aliphatic carbocycles. The third-order valence-corrected chi connectivity index (χ3v) is 4.32. The first-order valence-corrected chi connectivity index (χ1v) is 7.22. The molecule has 1 aliphatic heterocycles. The van der Waals surface area contributed by atoms with Gasteiger partial charge in [-0.2, -0.15) is 0 Å². The minimum atomic E-state index is -0.729. The Morgan fingerprint density at radius 3 is 2.58 bits per heavy atom. The summed E-state index contributed by atoms with van der Waals surface area (Å²) in [4.78, 5) is 12.6. The summed E-state index contributed by atoms with van der Waals surface area (Å²) in [6, 6.07) is 8.16. The van der Waals surface area contributed by atoms with Crippen LogP contribution in [0.3, 0.4) is 0 Å². The quantitative estimate of drug-likeness (QED) is 0.812. The molecule has 19 heavy (non-hydrogen) atoms. The van der Waals surface area contributed by atoms with Crippen LogP contribution in [0.5, 0.6) is 0 Å². The summed E-state index contributed by atoms with van der Waals surface area (Å²) in [7, 11) is 0. The molecule has 0 bridgehead atoms. The fourth-order valence-electron chi connectivity index (χ4n) is 2.09. The summed E-state index contributed by atoms with van der Waals surface area (Å²) < 4.78 is 8.45. The standard InChI is InChI=1S/C14H19NO3S/c1-11-2-4-12(5-3-11)19-15-10-14(13(16)17)6-8-18-9-7-14/h2-5,15H,6-10H2,1H3,(H,16,17). The third-order valence-electron chi connectivity index (χ3n) is 3.53. The van der Waals surface area contributed by atoms with Gasteiger partial charge in [0, 0.05) is 24.7 Å². The Balaban J connectivity index is 1.89. The molecule has 5 heteroatoms. The lowest BCUT2D eigenvalue weighted by Gasteiger charge is -2.32. The Labute approximate surface area is 117 Å². The summed E-state index contributed by atoms with van der Waals surface area (Å²) in [5, 5.41) is 9.42. The summed E-state index contributed by atoms with van der Waals surface area (Å²) in [6.45, 7) is 3.57. The molecule has 0 amide bonds. The van der Waals surface area contributed by atoms with Gasteiger partial charge >= 0.3 is 5.97 Å². The minimum absolute atomic E-state index is 0.463. The number of aryl methyl sites for hydroxylation is 1. The molecule has 0 atom stereocenters. The van der Waals surface area contributed by atoms with Crippen molar-refractivity contribution in [1.82, 2.24) is 4.72 Å². The molecule has 0 unspecified atom stereocenters. The monoisotopic (exact) mass is 281 g/mol. The maximum absolute atomic E-state index is 11.5. The van der Waals surface area contributed by atoms with Crippen molar-refractivity contribution in [3.8, 4) is 0 Å². The molecule has 0 radical (unpaired) electrons.